The van der Waals surface area contributed by atoms with Crippen molar-refractivity contribution in [3.63, 3.8) is 0 Å². The number of benzene rings is 2. The number of likely N-dealkylation sites (tertiary alicyclic amines) is 2. The molecule has 2 saturated heterocycles. The van der Waals surface area contributed by atoms with Crippen molar-refractivity contribution < 1.29 is 18.0 Å². The number of halogens is 3. The highest BCUT2D eigenvalue weighted by molar-refractivity contribution is 5.84. The Morgan fingerprint density at radius 3 is 2.37 bits per heavy atom. The molecular weight excluding hydrogens is 391 g/mol. The number of alkyl halides is 3. The Balaban J connectivity index is 1.44. The van der Waals surface area contributed by atoms with Gasteiger partial charge in [-0.25, -0.2) is 0 Å². The number of hydrogen-bond acceptors (Lipinski definition) is 3. The average molecular weight is 417 g/mol. The van der Waals surface area contributed by atoms with Crippen molar-refractivity contribution in [3.05, 3.63) is 66.2 Å². The summed E-state index contributed by atoms with van der Waals surface area (Å²) >= 11 is 0. The second-order valence-corrected chi connectivity index (χ2v) is 8.27. The molecule has 2 heterocycles. The third-order valence-corrected chi connectivity index (χ3v) is 6.17. The van der Waals surface area contributed by atoms with Crippen LogP contribution in [-0.2, 0) is 11.3 Å². The number of nitrogens with one attached hydrogen (secondary N) is 1. The van der Waals surface area contributed by atoms with E-state index in [9.17, 15) is 18.0 Å². The molecule has 2 aromatic rings. The van der Waals surface area contributed by atoms with Gasteiger partial charge in [0.25, 0.3) is 0 Å². The number of rotatable bonds is 5. The zero-order valence-electron chi connectivity index (χ0n) is 16.7. The van der Waals surface area contributed by atoms with E-state index in [2.05, 4.69) is 5.32 Å². The molecule has 2 fully saturated rings. The van der Waals surface area contributed by atoms with Crippen molar-refractivity contribution in [2.24, 2.45) is 5.41 Å². The highest BCUT2D eigenvalue weighted by atomic mass is 19.4. The molecule has 160 valence electrons. The van der Waals surface area contributed by atoms with Gasteiger partial charge < -0.3 is 10.2 Å². The van der Waals surface area contributed by atoms with E-state index >= 15 is 0 Å². The van der Waals surface area contributed by atoms with Crippen LogP contribution in [0.4, 0.5) is 18.9 Å². The van der Waals surface area contributed by atoms with Crippen LogP contribution in [0.15, 0.2) is 60.7 Å². The van der Waals surface area contributed by atoms with E-state index in [-0.39, 0.29) is 25.6 Å². The summed E-state index contributed by atoms with van der Waals surface area (Å²) in [4.78, 5) is 16.3. The molecule has 1 amide bonds. The molecule has 4 nitrogen and oxygen atoms in total. The first kappa shape index (κ1) is 20.7. The summed E-state index contributed by atoms with van der Waals surface area (Å²) in [5, 5.41) is 3.32. The number of anilines is 1. The van der Waals surface area contributed by atoms with Gasteiger partial charge in [0.15, 0.2) is 5.41 Å². The van der Waals surface area contributed by atoms with Crippen LogP contribution in [0.1, 0.15) is 18.4 Å². The van der Waals surface area contributed by atoms with E-state index in [0.29, 0.717) is 26.1 Å². The van der Waals surface area contributed by atoms with E-state index in [1.165, 1.54) is 4.90 Å². The quantitative estimate of drug-likeness (QED) is 0.794. The van der Waals surface area contributed by atoms with Crippen molar-refractivity contribution in [1.29, 1.82) is 0 Å². The summed E-state index contributed by atoms with van der Waals surface area (Å²) < 4.78 is 42.6. The maximum absolute atomic E-state index is 14.2. The second-order valence-electron chi connectivity index (χ2n) is 8.27. The van der Waals surface area contributed by atoms with Gasteiger partial charge in [0, 0.05) is 37.9 Å². The van der Waals surface area contributed by atoms with E-state index in [4.69, 9.17) is 0 Å². The summed E-state index contributed by atoms with van der Waals surface area (Å²) in [6, 6.07) is 18.9. The fourth-order valence-electron chi connectivity index (χ4n) is 4.53. The van der Waals surface area contributed by atoms with Crippen LogP contribution < -0.4 is 5.32 Å². The van der Waals surface area contributed by atoms with Gasteiger partial charge in [-0.1, -0.05) is 48.5 Å². The molecule has 0 bridgehead atoms. The molecule has 2 aliphatic rings. The first-order valence-corrected chi connectivity index (χ1v) is 10.3. The van der Waals surface area contributed by atoms with Gasteiger partial charge in [-0.05, 0) is 37.1 Å². The molecule has 0 radical (unpaired) electrons. The molecule has 2 atom stereocenters. The van der Waals surface area contributed by atoms with Crippen molar-refractivity contribution in [3.8, 4) is 0 Å². The Hall–Kier alpha value is -2.54. The zero-order valence-corrected chi connectivity index (χ0v) is 16.7. The van der Waals surface area contributed by atoms with Crippen LogP contribution >= 0.6 is 0 Å². The van der Waals surface area contributed by atoms with Crippen molar-refractivity contribution in [2.45, 2.75) is 31.6 Å². The van der Waals surface area contributed by atoms with Crippen LogP contribution in [0.5, 0.6) is 0 Å². The minimum atomic E-state index is -4.57. The molecule has 1 N–H and O–H groups in total. The van der Waals surface area contributed by atoms with Gasteiger partial charge in [-0.3, -0.25) is 9.69 Å². The van der Waals surface area contributed by atoms with E-state index in [0.717, 1.165) is 11.3 Å². The number of hydrogen-bond donors (Lipinski definition) is 1. The molecule has 2 aliphatic heterocycles. The summed E-state index contributed by atoms with van der Waals surface area (Å²) in [5.74, 6) is -0.775. The highest BCUT2D eigenvalue weighted by Gasteiger charge is 2.64. The first-order chi connectivity index (χ1) is 14.4. The van der Waals surface area contributed by atoms with Gasteiger partial charge in [0.1, 0.15) is 0 Å². The summed E-state index contributed by atoms with van der Waals surface area (Å²) in [6.45, 7) is 1.05. The molecule has 30 heavy (non-hydrogen) atoms. The van der Waals surface area contributed by atoms with Crippen LogP contribution in [0, 0.1) is 5.41 Å². The van der Waals surface area contributed by atoms with Gasteiger partial charge >= 0.3 is 6.18 Å². The summed E-state index contributed by atoms with van der Waals surface area (Å²) in [5.41, 5.74) is -0.447. The van der Waals surface area contributed by atoms with Gasteiger partial charge in [-0.2, -0.15) is 13.2 Å². The minimum absolute atomic E-state index is 0.0385. The Bertz CT molecular complexity index is 859. The lowest BCUT2D eigenvalue weighted by Crippen LogP contribution is -2.53. The van der Waals surface area contributed by atoms with E-state index in [1.807, 2.05) is 60.7 Å². The third-order valence-electron chi connectivity index (χ3n) is 6.17. The summed E-state index contributed by atoms with van der Waals surface area (Å²) in [6.07, 6.45) is -4.11. The average Bonchev–Trinajstić information content (AvgIpc) is 3.37. The SMILES string of the molecule is O=C(N1CCC(Nc2ccccc2)C1)C1(C(F)(F)F)CCN(Cc2ccccc2)C1. The predicted octanol–water partition coefficient (Wildman–Crippen LogP) is 4.15. The van der Waals surface area contributed by atoms with Crippen LogP contribution in [0.3, 0.4) is 0 Å². The third kappa shape index (κ3) is 4.17. The monoisotopic (exact) mass is 417 g/mol. The fourth-order valence-corrected chi connectivity index (χ4v) is 4.53. The van der Waals surface area contributed by atoms with Crippen LogP contribution in [0.2, 0.25) is 0 Å². The maximum atomic E-state index is 14.2. The van der Waals surface area contributed by atoms with Crippen LogP contribution in [-0.4, -0.2) is 54.1 Å². The Kier molecular flexibility index (Phi) is 5.73. The molecule has 0 spiro atoms. The number of carbonyl (C=O) groups is 1. The predicted molar refractivity (Wildman–Crippen MR) is 110 cm³/mol. The summed E-state index contributed by atoms with van der Waals surface area (Å²) in [7, 11) is 0. The number of para-hydroxylation sites is 1. The van der Waals surface area contributed by atoms with Gasteiger partial charge in [0.05, 0.1) is 0 Å². The Morgan fingerprint density at radius 1 is 1.03 bits per heavy atom. The molecular formula is C23H26F3N3O. The molecule has 0 aromatic heterocycles. The topological polar surface area (TPSA) is 35.6 Å². The molecule has 7 heteroatoms. The van der Waals surface area contributed by atoms with Crippen molar-refractivity contribution in [1.82, 2.24) is 9.80 Å². The fraction of sp³-hybridized carbons (Fsp3) is 0.435. The molecule has 2 unspecified atom stereocenters. The lowest BCUT2D eigenvalue weighted by molar-refractivity contribution is -0.223. The number of amides is 1. The van der Waals surface area contributed by atoms with E-state index < -0.39 is 17.5 Å². The molecule has 2 aromatic carbocycles. The zero-order chi connectivity index (χ0) is 21.2. The van der Waals surface area contributed by atoms with Gasteiger partial charge in [0.2, 0.25) is 5.91 Å². The first-order valence-electron chi connectivity index (χ1n) is 10.3. The number of carbonyl (C=O) groups excluding carboxylic acids is 1. The number of nitrogens with zero attached hydrogens (tertiary/aromatic N) is 2. The Morgan fingerprint density at radius 2 is 1.70 bits per heavy atom. The minimum Gasteiger partial charge on any atom is -0.380 e. The lowest BCUT2D eigenvalue weighted by Gasteiger charge is -2.34. The largest absolute Gasteiger partial charge is 0.404 e. The van der Waals surface area contributed by atoms with E-state index in [1.54, 1.807) is 4.90 Å². The highest BCUT2D eigenvalue weighted by Crippen LogP contribution is 2.47. The smallest absolute Gasteiger partial charge is 0.380 e. The maximum Gasteiger partial charge on any atom is 0.404 e. The normalized spacial score (nSPS) is 24.9. The standard InChI is InChI=1S/C23H26F3N3O/c24-23(25,26)22(12-14-28(17-22)15-18-7-3-1-4-8-18)21(30)29-13-11-20(16-29)27-19-9-5-2-6-10-19/h1-10,20,27H,11-17H2. The lowest BCUT2D eigenvalue weighted by atomic mass is 9.84. The van der Waals surface area contributed by atoms with Crippen molar-refractivity contribution >= 4 is 11.6 Å². The molecule has 0 aliphatic carbocycles. The second kappa shape index (κ2) is 8.30. The van der Waals surface area contributed by atoms with Crippen molar-refractivity contribution in [2.75, 3.05) is 31.5 Å². The van der Waals surface area contributed by atoms with Gasteiger partial charge in [-0.15, -0.1) is 0 Å². The molecule has 4 rings (SSSR count). The Labute approximate surface area is 174 Å². The van der Waals surface area contributed by atoms with Crippen LogP contribution in [0.25, 0.3) is 0 Å². The molecule has 0 saturated carbocycles.